The number of nitrogens with zero attached hydrogens (tertiary/aromatic N) is 2. The summed E-state index contributed by atoms with van der Waals surface area (Å²) in [6.07, 6.45) is 1.75. The van der Waals surface area contributed by atoms with Gasteiger partial charge in [0.05, 0.1) is 24.4 Å². The summed E-state index contributed by atoms with van der Waals surface area (Å²) >= 11 is 5.83. The van der Waals surface area contributed by atoms with Gasteiger partial charge in [0.25, 0.3) is 5.91 Å². The van der Waals surface area contributed by atoms with Crippen molar-refractivity contribution in [2.45, 2.75) is 12.1 Å². The van der Waals surface area contributed by atoms with Crippen molar-refractivity contribution in [1.82, 2.24) is 10.3 Å². The first-order chi connectivity index (χ1) is 21.5. The van der Waals surface area contributed by atoms with Gasteiger partial charge in [0, 0.05) is 23.1 Å². The van der Waals surface area contributed by atoms with Crippen LogP contribution < -0.4 is 20.3 Å². The Balaban J connectivity index is 1.24. The number of carbonyl (C=O) groups is 2. The van der Waals surface area contributed by atoms with Crippen LogP contribution >= 0.6 is 12.2 Å². The number of anilines is 2. The van der Waals surface area contributed by atoms with Crippen LogP contribution in [0.5, 0.6) is 5.75 Å². The van der Waals surface area contributed by atoms with Gasteiger partial charge in [-0.25, -0.2) is 4.79 Å². The van der Waals surface area contributed by atoms with Gasteiger partial charge in [-0.05, 0) is 85.0 Å². The number of para-hydroxylation sites is 1. The zero-order valence-corrected chi connectivity index (χ0v) is 24.5. The maximum Gasteiger partial charge on any atom is 0.337 e. The Morgan fingerprint density at radius 3 is 2.39 bits per heavy atom. The number of ether oxygens (including phenoxy) is 2. The van der Waals surface area contributed by atoms with Crippen LogP contribution in [0.25, 0.3) is 11.3 Å². The molecule has 2 unspecified atom stereocenters. The Kier molecular flexibility index (Phi) is 8.33. The largest absolute Gasteiger partial charge is 0.484 e. The highest BCUT2D eigenvalue weighted by Crippen LogP contribution is 2.43. The molecule has 1 saturated heterocycles. The lowest BCUT2D eigenvalue weighted by Gasteiger charge is -2.26. The highest BCUT2D eigenvalue weighted by molar-refractivity contribution is 7.80. The molecule has 0 spiro atoms. The van der Waals surface area contributed by atoms with Crippen LogP contribution in [-0.4, -0.2) is 35.7 Å². The fraction of sp³-hybridized carbons (Fsp3) is 0.118. The number of esters is 1. The van der Waals surface area contributed by atoms with Gasteiger partial charge in [0.2, 0.25) is 0 Å². The molecule has 1 amide bonds. The molecule has 3 aromatic carbocycles. The lowest BCUT2D eigenvalue weighted by Crippen LogP contribution is -2.29. The van der Waals surface area contributed by atoms with Gasteiger partial charge >= 0.3 is 5.97 Å². The number of nitrogens with one attached hydrogen (secondary N) is 2. The first kappa shape index (κ1) is 28.6. The molecule has 2 aromatic heterocycles. The van der Waals surface area contributed by atoms with Crippen LogP contribution in [0.3, 0.4) is 0 Å². The van der Waals surface area contributed by atoms with Crippen molar-refractivity contribution in [2.24, 2.45) is 0 Å². The van der Waals surface area contributed by atoms with Crippen molar-refractivity contribution < 1.29 is 23.5 Å². The van der Waals surface area contributed by atoms with Gasteiger partial charge in [-0.3, -0.25) is 9.78 Å². The van der Waals surface area contributed by atoms with E-state index in [1.807, 2.05) is 89.8 Å². The third-order valence-electron chi connectivity index (χ3n) is 7.15. The molecule has 0 aliphatic carbocycles. The number of carbonyl (C=O) groups excluding carboxylic acids is 2. The molecule has 9 nitrogen and oxygen atoms in total. The van der Waals surface area contributed by atoms with E-state index in [1.54, 1.807) is 30.5 Å². The SMILES string of the molecule is COC(=O)c1ccc(-c2ccc(C3C(c4ccccn4)NC(=S)N3c3ccc(NC(=O)COc4ccccc4)cc3)o2)cc1. The minimum absolute atomic E-state index is 0.105. The third kappa shape index (κ3) is 6.16. The van der Waals surface area contributed by atoms with Crippen LogP contribution in [-0.2, 0) is 9.53 Å². The number of thiocarbonyl (C=S) groups is 1. The topological polar surface area (TPSA) is 106 Å². The minimum atomic E-state index is -0.401. The zero-order chi connectivity index (χ0) is 30.5. The van der Waals surface area contributed by atoms with Gasteiger partial charge in [-0.2, -0.15) is 0 Å². The summed E-state index contributed by atoms with van der Waals surface area (Å²) < 4.78 is 16.8. The molecule has 2 atom stereocenters. The third-order valence-corrected chi connectivity index (χ3v) is 7.46. The number of aromatic nitrogens is 1. The normalized spacial score (nSPS) is 15.8. The molecular weight excluding hydrogens is 576 g/mol. The van der Waals surface area contributed by atoms with Gasteiger partial charge in [-0.1, -0.05) is 36.4 Å². The number of hydrogen-bond acceptors (Lipinski definition) is 7. The van der Waals surface area contributed by atoms with Crippen molar-refractivity contribution in [3.05, 3.63) is 132 Å². The summed E-state index contributed by atoms with van der Waals surface area (Å²) in [4.78, 5) is 30.9. The van der Waals surface area contributed by atoms with E-state index in [4.69, 9.17) is 26.1 Å². The molecule has 6 rings (SSSR count). The summed E-state index contributed by atoms with van der Waals surface area (Å²) in [6.45, 7) is -0.105. The molecule has 10 heteroatoms. The average Bonchev–Trinajstić information content (AvgIpc) is 3.69. The molecule has 220 valence electrons. The van der Waals surface area contributed by atoms with Crippen LogP contribution in [0, 0.1) is 0 Å². The van der Waals surface area contributed by atoms with E-state index in [-0.39, 0.29) is 24.6 Å². The number of amides is 1. The fourth-order valence-electron chi connectivity index (χ4n) is 5.05. The fourth-order valence-corrected chi connectivity index (χ4v) is 5.39. The van der Waals surface area contributed by atoms with Crippen molar-refractivity contribution in [3.63, 3.8) is 0 Å². The van der Waals surface area contributed by atoms with E-state index < -0.39 is 5.97 Å². The second kappa shape index (κ2) is 12.8. The Morgan fingerprint density at radius 1 is 0.932 bits per heavy atom. The zero-order valence-electron chi connectivity index (χ0n) is 23.7. The molecule has 1 fully saturated rings. The Morgan fingerprint density at radius 2 is 1.68 bits per heavy atom. The van der Waals surface area contributed by atoms with Crippen molar-refractivity contribution in [2.75, 3.05) is 23.9 Å². The molecule has 1 aliphatic heterocycles. The molecule has 1 aliphatic rings. The minimum Gasteiger partial charge on any atom is -0.484 e. The van der Waals surface area contributed by atoms with E-state index in [9.17, 15) is 9.59 Å². The molecule has 2 N–H and O–H groups in total. The molecular formula is C34H28N4O5S. The number of rotatable bonds is 9. The summed E-state index contributed by atoms with van der Waals surface area (Å²) in [5.41, 5.74) is 3.52. The standard InChI is InChI=1S/C34H28N4O5S/c1-41-33(40)23-12-10-22(11-13-23)28-18-19-29(43-28)32-31(27-9-5-6-20-35-27)37-34(44)38(32)25-16-14-24(15-17-25)36-30(39)21-42-26-7-3-2-4-8-26/h2-20,31-32H,21H2,1H3,(H,36,39)(H,37,44). The predicted octanol–water partition coefficient (Wildman–Crippen LogP) is 6.32. The number of furan rings is 1. The number of pyridine rings is 1. The van der Waals surface area contributed by atoms with Gasteiger partial charge in [0.15, 0.2) is 11.7 Å². The van der Waals surface area contributed by atoms with E-state index in [0.717, 1.165) is 16.9 Å². The first-order valence-electron chi connectivity index (χ1n) is 13.9. The van der Waals surface area contributed by atoms with Crippen LogP contribution in [0.15, 0.2) is 120 Å². The maximum atomic E-state index is 12.5. The van der Waals surface area contributed by atoms with Gasteiger partial charge in [-0.15, -0.1) is 0 Å². The van der Waals surface area contributed by atoms with Crippen molar-refractivity contribution in [3.8, 4) is 17.1 Å². The summed E-state index contributed by atoms with van der Waals surface area (Å²) in [7, 11) is 1.35. The molecule has 44 heavy (non-hydrogen) atoms. The first-order valence-corrected chi connectivity index (χ1v) is 14.3. The maximum absolute atomic E-state index is 12.5. The Hall–Kier alpha value is -5.48. The smallest absolute Gasteiger partial charge is 0.337 e. The second-order valence-electron chi connectivity index (χ2n) is 9.96. The van der Waals surface area contributed by atoms with Crippen molar-refractivity contribution >= 4 is 40.6 Å². The summed E-state index contributed by atoms with van der Waals surface area (Å²) in [5, 5.41) is 6.80. The highest BCUT2D eigenvalue weighted by Gasteiger charge is 2.42. The number of methoxy groups -OCH3 is 1. The monoisotopic (exact) mass is 604 g/mol. The highest BCUT2D eigenvalue weighted by atomic mass is 32.1. The molecule has 3 heterocycles. The van der Waals surface area contributed by atoms with Crippen molar-refractivity contribution in [1.29, 1.82) is 0 Å². The predicted molar refractivity (Wildman–Crippen MR) is 170 cm³/mol. The number of hydrogen-bond donors (Lipinski definition) is 2. The summed E-state index contributed by atoms with van der Waals surface area (Å²) in [5.74, 6) is 1.28. The van der Waals surface area contributed by atoms with E-state index in [1.165, 1.54) is 7.11 Å². The second-order valence-corrected chi connectivity index (χ2v) is 10.4. The van der Waals surface area contributed by atoms with Gasteiger partial charge in [0.1, 0.15) is 23.3 Å². The molecule has 0 bridgehead atoms. The Labute approximate surface area is 259 Å². The van der Waals surface area contributed by atoms with Crippen LogP contribution in [0.1, 0.15) is 33.9 Å². The van der Waals surface area contributed by atoms with E-state index in [2.05, 4.69) is 15.6 Å². The lowest BCUT2D eigenvalue weighted by atomic mass is 10.0. The average molecular weight is 605 g/mol. The quantitative estimate of drug-likeness (QED) is 0.148. The van der Waals surface area contributed by atoms with E-state index in [0.29, 0.717) is 33.6 Å². The van der Waals surface area contributed by atoms with Crippen LogP contribution in [0.2, 0.25) is 0 Å². The van der Waals surface area contributed by atoms with Gasteiger partial charge < -0.3 is 29.4 Å². The molecule has 5 aromatic rings. The lowest BCUT2D eigenvalue weighted by molar-refractivity contribution is -0.118. The Bertz CT molecular complexity index is 1760. The number of benzene rings is 3. The molecule has 0 saturated carbocycles. The van der Waals surface area contributed by atoms with Crippen LogP contribution in [0.4, 0.5) is 11.4 Å². The summed E-state index contributed by atoms with van der Waals surface area (Å²) in [6, 6.07) is 32.6. The molecule has 0 radical (unpaired) electrons. The van der Waals surface area contributed by atoms with E-state index >= 15 is 0 Å².